The van der Waals surface area contributed by atoms with Gasteiger partial charge in [-0.05, 0) is 18.8 Å². The molecule has 2 rings (SSSR count). The van der Waals surface area contributed by atoms with E-state index < -0.39 is 0 Å². The molecule has 0 unspecified atom stereocenters. The van der Waals surface area contributed by atoms with Crippen molar-refractivity contribution in [3.63, 3.8) is 0 Å². The van der Waals surface area contributed by atoms with Crippen LogP contribution in [0.2, 0.25) is 0 Å². The molecule has 0 bridgehead atoms. The Kier molecular flexibility index (Phi) is 4.56. The van der Waals surface area contributed by atoms with Gasteiger partial charge < -0.3 is 5.73 Å². The Hall–Kier alpha value is -0.810. The Labute approximate surface area is 101 Å². The van der Waals surface area contributed by atoms with Crippen molar-refractivity contribution >= 4 is 12.4 Å². The molecule has 1 aliphatic carbocycles. The fourth-order valence-electron chi connectivity index (χ4n) is 2.29. The summed E-state index contributed by atoms with van der Waals surface area (Å²) in [7, 11) is 1.75. The number of hydrogen-bond acceptors (Lipinski definition) is 3. The highest BCUT2D eigenvalue weighted by atomic mass is 35.5. The second-order valence-electron chi connectivity index (χ2n) is 4.42. The Morgan fingerprint density at radius 3 is 2.75 bits per heavy atom. The largest absolute Gasteiger partial charge is 0.343 e. The minimum Gasteiger partial charge on any atom is -0.327 e. The number of hydrogen-bond donors (Lipinski definition) is 2. The van der Waals surface area contributed by atoms with Crippen molar-refractivity contribution in [2.45, 2.75) is 38.1 Å². The van der Waals surface area contributed by atoms with Crippen LogP contribution in [0.25, 0.3) is 0 Å². The lowest BCUT2D eigenvalue weighted by Gasteiger charge is -2.27. The van der Waals surface area contributed by atoms with Gasteiger partial charge in [0.15, 0.2) is 0 Å². The summed E-state index contributed by atoms with van der Waals surface area (Å²) >= 11 is 0. The van der Waals surface area contributed by atoms with Crippen molar-refractivity contribution < 1.29 is 0 Å². The molecule has 16 heavy (non-hydrogen) atoms. The average Bonchev–Trinajstić information content (AvgIpc) is 2.53. The third kappa shape index (κ3) is 2.65. The molecule has 6 heteroatoms. The van der Waals surface area contributed by atoms with Gasteiger partial charge in [-0.25, -0.2) is 9.89 Å². The number of H-pyrrole nitrogens is 1. The Morgan fingerprint density at radius 2 is 2.19 bits per heavy atom. The minimum atomic E-state index is -0.144. The predicted octanol–water partition coefficient (Wildman–Crippen LogP) is 0.590. The van der Waals surface area contributed by atoms with E-state index in [1.54, 1.807) is 11.6 Å². The van der Waals surface area contributed by atoms with Crippen molar-refractivity contribution in [1.82, 2.24) is 14.8 Å². The smallest absolute Gasteiger partial charge is 0.327 e. The van der Waals surface area contributed by atoms with E-state index in [2.05, 4.69) is 10.2 Å². The Balaban J connectivity index is 0.00000128. The number of aromatic amines is 1. The van der Waals surface area contributed by atoms with Crippen molar-refractivity contribution in [2.75, 3.05) is 0 Å². The fourth-order valence-corrected chi connectivity index (χ4v) is 2.29. The molecule has 5 nitrogen and oxygen atoms in total. The van der Waals surface area contributed by atoms with Crippen molar-refractivity contribution in [3.8, 4) is 0 Å². The highest BCUT2D eigenvalue weighted by molar-refractivity contribution is 5.85. The Morgan fingerprint density at radius 1 is 1.50 bits per heavy atom. The predicted molar refractivity (Wildman–Crippen MR) is 64.7 cm³/mol. The van der Waals surface area contributed by atoms with Gasteiger partial charge in [-0.3, -0.25) is 4.57 Å². The Bertz CT molecular complexity index is 386. The van der Waals surface area contributed by atoms with Crippen LogP contribution in [0.15, 0.2) is 4.79 Å². The summed E-state index contributed by atoms with van der Waals surface area (Å²) in [6.45, 7) is 0. The summed E-state index contributed by atoms with van der Waals surface area (Å²) in [6.07, 6.45) is 5.55. The molecule has 0 radical (unpaired) electrons. The van der Waals surface area contributed by atoms with Gasteiger partial charge in [-0.1, -0.05) is 12.8 Å². The molecule has 0 spiro atoms. The summed E-state index contributed by atoms with van der Waals surface area (Å²) in [5.41, 5.74) is 5.91. The van der Waals surface area contributed by atoms with E-state index in [9.17, 15) is 4.79 Å². The molecule has 1 fully saturated rings. The van der Waals surface area contributed by atoms with Crippen LogP contribution in [-0.2, 0) is 13.5 Å². The van der Waals surface area contributed by atoms with Crippen molar-refractivity contribution in [3.05, 3.63) is 16.3 Å². The maximum absolute atomic E-state index is 11.2. The van der Waals surface area contributed by atoms with E-state index in [-0.39, 0.29) is 24.1 Å². The lowest BCUT2D eigenvalue weighted by molar-refractivity contribution is 0.300. The van der Waals surface area contributed by atoms with Crippen molar-refractivity contribution in [1.29, 1.82) is 0 Å². The number of halogens is 1. The number of aromatic nitrogens is 3. The second kappa shape index (κ2) is 5.50. The first-order valence-corrected chi connectivity index (χ1v) is 5.54. The SMILES string of the molecule is Cl.Cn1c(C[C@H]2CCCC[C@H]2N)n[nH]c1=O. The first kappa shape index (κ1) is 13.3. The standard InChI is InChI=1S/C10H18N4O.ClH/c1-14-9(12-13-10(14)15)6-7-4-2-3-5-8(7)11;/h7-8H,2-6,11H2,1H3,(H,13,15);1H/t7-,8-;/m1./s1. The lowest BCUT2D eigenvalue weighted by atomic mass is 9.83. The first-order chi connectivity index (χ1) is 7.18. The van der Waals surface area contributed by atoms with Crippen LogP contribution in [-0.4, -0.2) is 20.8 Å². The number of rotatable bonds is 2. The zero-order chi connectivity index (χ0) is 10.8. The van der Waals surface area contributed by atoms with Gasteiger partial charge in [-0.15, -0.1) is 12.4 Å². The van der Waals surface area contributed by atoms with Crippen LogP contribution >= 0.6 is 12.4 Å². The molecule has 0 saturated heterocycles. The van der Waals surface area contributed by atoms with Crippen molar-refractivity contribution in [2.24, 2.45) is 18.7 Å². The van der Waals surface area contributed by atoms with Crippen LogP contribution in [0, 0.1) is 5.92 Å². The van der Waals surface area contributed by atoms with E-state index >= 15 is 0 Å². The molecular weight excluding hydrogens is 228 g/mol. The van der Waals surface area contributed by atoms with Gasteiger partial charge in [0.1, 0.15) is 5.82 Å². The molecule has 0 aliphatic heterocycles. The normalized spacial score (nSPS) is 25.1. The summed E-state index contributed by atoms with van der Waals surface area (Å²) in [6, 6.07) is 0.269. The third-order valence-corrected chi connectivity index (χ3v) is 3.39. The zero-order valence-corrected chi connectivity index (χ0v) is 10.3. The molecule has 2 atom stereocenters. The maximum atomic E-state index is 11.2. The van der Waals surface area contributed by atoms with Gasteiger partial charge in [0, 0.05) is 19.5 Å². The van der Waals surface area contributed by atoms with E-state index in [1.165, 1.54) is 12.8 Å². The van der Waals surface area contributed by atoms with Gasteiger partial charge in [0.2, 0.25) is 0 Å². The van der Waals surface area contributed by atoms with Gasteiger partial charge in [0.05, 0.1) is 0 Å². The summed E-state index contributed by atoms with van der Waals surface area (Å²) < 4.78 is 1.57. The van der Waals surface area contributed by atoms with Crippen LogP contribution in [0.5, 0.6) is 0 Å². The molecular formula is C10H19ClN4O. The topological polar surface area (TPSA) is 76.7 Å². The number of nitrogens with zero attached hydrogens (tertiary/aromatic N) is 2. The quantitative estimate of drug-likeness (QED) is 0.802. The maximum Gasteiger partial charge on any atom is 0.343 e. The molecule has 0 amide bonds. The lowest BCUT2D eigenvalue weighted by Crippen LogP contribution is -2.35. The molecule has 1 aromatic rings. The molecule has 92 valence electrons. The van der Waals surface area contributed by atoms with Crippen LogP contribution < -0.4 is 11.4 Å². The van der Waals surface area contributed by atoms with E-state index in [1.807, 2.05) is 0 Å². The van der Waals surface area contributed by atoms with E-state index in [0.717, 1.165) is 25.1 Å². The molecule has 0 aromatic carbocycles. The van der Waals surface area contributed by atoms with Gasteiger partial charge >= 0.3 is 5.69 Å². The molecule has 1 aromatic heterocycles. The van der Waals surface area contributed by atoms with Crippen LogP contribution in [0.4, 0.5) is 0 Å². The minimum absolute atomic E-state index is 0. The van der Waals surface area contributed by atoms with Gasteiger partial charge in [0.25, 0.3) is 0 Å². The number of nitrogens with one attached hydrogen (secondary N) is 1. The van der Waals surface area contributed by atoms with Gasteiger partial charge in [-0.2, -0.15) is 5.10 Å². The monoisotopic (exact) mass is 246 g/mol. The molecule has 1 aliphatic rings. The zero-order valence-electron chi connectivity index (χ0n) is 9.48. The molecule has 1 saturated carbocycles. The molecule has 3 N–H and O–H groups in total. The second-order valence-corrected chi connectivity index (χ2v) is 4.42. The molecule has 1 heterocycles. The van der Waals surface area contributed by atoms with E-state index in [4.69, 9.17) is 5.73 Å². The highest BCUT2D eigenvalue weighted by Crippen LogP contribution is 2.25. The average molecular weight is 247 g/mol. The summed E-state index contributed by atoms with van der Waals surface area (Å²) in [4.78, 5) is 11.2. The van der Waals surface area contributed by atoms with Crippen LogP contribution in [0.3, 0.4) is 0 Å². The fraction of sp³-hybridized carbons (Fsp3) is 0.800. The summed E-state index contributed by atoms with van der Waals surface area (Å²) in [5.74, 6) is 1.30. The summed E-state index contributed by atoms with van der Waals surface area (Å²) in [5, 5.41) is 6.47. The number of nitrogens with two attached hydrogens (primary N) is 1. The van der Waals surface area contributed by atoms with E-state index in [0.29, 0.717) is 5.92 Å². The van der Waals surface area contributed by atoms with Crippen LogP contribution in [0.1, 0.15) is 31.5 Å². The highest BCUT2D eigenvalue weighted by Gasteiger charge is 2.23. The first-order valence-electron chi connectivity index (χ1n) is 5.54. The third-order valence-electron chi connectivity index (χ3n) is 3.39.